The third kappa shape index (κ3) is 3.27. The highest BCUT2D eigenvalue weighted by molar-refractivity contribution is 7.07. The molecule has 1 aliphatic carbocycles. The van der Waals surface area contributed by atoms with Crippen molar-refractivity contribution in [2.45, 2.75) is 39.2 Å². The first kappa shape index (κ1) is 15.0. The Morgan fingerprint density at radius 2 is 2.27 bits per heavy atom. The highest BCUT2D eigenvalue weighted by Crippen LogP contribution is 2.21. The van der Waals surface area contributed by atoms with Crippen LogP contribution in [-0.2, 0) is 24.2 Å². The molecule has 6 heteroatoms. The van der Waals surface area contributed by atoms with Crippen LogP contribution in [0.2, 0.25) is 0 Å². The third-order valence-electron chi connectivity index (χ3n) is 4.11. The topological polar surface area (TPSA) is 74.8 Å². The molecule has 1 aliphatic rings. The Hall–Kier alpha value is -1.95. The Bertz CT molecular complexity index is 721. The standard InChI is InChI=1S/C16H19N3O2S/c1-10-18-14-5-3-12(2-4-13(14)16(21)19-10)15(20)17-8-11-6-7-22-9-11/h6-7,9,12H,2-5,8H2,1H3,(H,17,20)(H,18,19,21). The summed E-state index contributed by atoms with van der Waals surface area (Å²) >= 11 is 1.63. The molecule has 0 saturated heterocycles. The lowest BCUT2D eigenvalue weighted by Gasteiger charge is -2.13. The van der Waals surface area contributed by atoms with E-state index in [9.17, 15) is 9.59 Å². The Kier molecular flexibility index (Phi) is 4.38. The monoisotopic (exact) mass is 317 g/mol. The molecule has 2 aromatic heterocycles. The summed E-state index contributed by atoms with van der Waals surface area (Å²) in [5.41, 5.74) is 2.68. The van der Waals surface area contributed by atoms with Gasteiger partial charge in [-0.1, -0.05) is 0 Å². The van der Waals surface area contributed by atoms with Crippen molar-refractivity contribution in [2.24, 2.45) is 5.92 Å². The Morgan fingerprint density at radius 3 is 3.05 bits per heavy atom. The molecular weight excluding hydrogens is 298 g/mol. The minimum absolute atomic E-state index is 0.0486. The molecule has 0 spiro atoms. The fraction of sp³-hybridized carbons (Fsp3) is 0.438. The molecule has 3 rings (SSSR count). The van der Waals surface area contributed by atoms with Crippen LogP contribution in [0.4, 0.5) is 0 Å². The van der Waals surface area contributed by atoms with Gasteiger partial charge in [-0.25, -0.2) is 4.98 Å². The van der Waals surface area contributed by atoms with Gasteiger partial charge in [0.05, 0.1) is 5.69 Å². The smallest absolute Gasteiger partial charge is 0.254 e. The highest BCUT2D eigenvalue weighted by atomic mass is 32.1. The van der Waals surface area contributed by atoms with Gasteiger partial charge in [0.2, 0.25) is 5.91 Å². The molecule has 1 atom stereocenters. The largest absolute Gasteiger partial charge is 0.352 e. The average Bonchev–Trinajstić information content (AvgIpc) is 2.91. The number of amides is 1. The summed E-state index contributed by atoms with van der Waals surface area (Å²) in [6, 6.07) is 2.01. The second kappa shape index (κ2) is 6.44. The molecule has 1 unspecified atom stereocenters. The zero-order chi connectivity index (χ0) is 15.5. The zero-order valence-corrected chi connectivity index (χ0v) is 13.3. The van der Waals surface area contributed by atoms with Crippen LogP contribution in [-0.4, -0.2) is 15.9 Å². The van der Waals surface area contributed by atoms with Gasteiger partial charge in [-0.3, -0.25) is 9.59 Å². The van der Waals surface area contributed by atoms with Crippen molar-refractivity contribution in [1.29, 1.82) is 0 Å². The van der Waals surface area contributed by atoms with E-state index in [1.807, 2.05) is 16.8 Å². The molecule has 116 valence electrons. The first-order valence-corrected chi connectivity index (χ1v) is 8.45. The molecule has 0 saturated carbocycles. The van der Waals surface area contributed by atoms with E-state index >= 15 is 0 Å². The summed E-state index contributed by atoms with van der Waals surface area (Å²) in [4.78, 5) is 31.5. The van der Waals surface area contributed by atoms with Crippen molar-refractivity contribution in [2.75, 3.05) is 0 Å². The molecule has 0 aromatic carbocycles. The van der Waals surface area contributed by atoms with Crippen LogP contribution in [0.1, 0.15) is 35.5 Å². The third-order valence-corrected chi connectivity index (χ3v) is 4.84. The van der Waals surface area contributed by atoms with Crippen molar-refractivity contribution >= 4 is 17.2 Å². The molecule has 2 N–H and O–H groups in total. The quantitative estimate of drug-likeness (QED) is 0.850. The van der Waals surface area contributed by atoms with Crippen molar-refractivity contribution in [3.8, 4) is 0 Å². The van der Waals surface area contributed by atoms with Gasteiger partial charge in [0, 0.05) is 18.0 Å². The number of aryl methyl sites for hydroxylation is 2. The van der Waals surface area contributed by atoms with Crippen molar-refractivity contribution in [1.82, 2.24) is 15.3 Å². The van der Waals surface area contributed by atoms with Gasteiger partial charge in [0.1, 0.15) is 5.82 Å². The number of nitrogens with zero attached hydrogens (tertiary/aromatic N) is 1. The average molecular weight is 317 g/mol. The second-order valence-electron chi connectivity index (χ2n) is 5.70. The van der Waals surface area contributed by atoms with E-state index in [4.69, 9.17) is 0 Å². The molecule has 0 bridgehead atoms. The SMILES string of the molecule is Cc1nc2c(c(=O)[nH]1)CCC(C(=O)NCc1ccsc1)CC2. The predicted octanol–water partition coefficient (Wildman–Crippen LogP) is 1.95. The van der Waals surface area contributed by atoms with Gasteiger partial charge < -0.3 is 10.3 Å². The Morgan fingerprint density at radius 1 is 1.45 bits per heavy atom. The fourth-order valence-corrected chi connectivity index (χ4v) is 3.56. The number of hydrogen-bond acceptors (Lipinski definition) is 4. The van der Waals surface area contributed by atoms with Gasteiger partial charge in [-0.05, 0) is 55.0 Å². The highest BCUT2D eigenvalue weighted by Gasteiger charge is 2.24. The summed E-state index contributed by atoms with van der Waals surface area (Å²) in [6.45, 7) is 2.36. The minimum Gasteiger partial charge on any atom is -0.352 e. The van der Waals surface area contributed by atoms with Gasteiger partial charge in [0.25, 0.3) is 5.56 Å². The van der Waals surface area contributed by atoms with Crippen LogP contribution in [0.3, 0.4) is 0 Å². The maximum Gasteiger partial charge on any atom is 0.254 e. The molecule has 1 amide bonds. The van der Waals surface area contributed by atoms with E-state index in [1.165, 1.54) is 0 Å². The molecule has 0 aliphatic heterocycles. The molecule has 5 nitrogen and oxygen atoms in total. The molecular formula is C16H19N3O2S. The number of carbonyl (C=O) groups excluding carboxylic acids is 1. The van der Waals surface area contributed by atoms with E-state index in [0.29, 0.717) is 31.6 Å². The number of hydrogen-bond donors (Lipinski definition) is 2. The van der Waals surface area contributed by atoms with Crippen LogP contribution in [0.5, 0.6) is 0 Å². The summed E-state index contributed by atoms with van der Waals surface area (Å²) in [5, 5.41) is 7.04. The zero-order valence-electron chi connectivity index (χ0n) is 12.5. The van der Waals surface area contributed by atoms with Crippen LogP contribution in [0.15, 0.2) is 21.6 Å². The fourth-order valence-electron chi connectivity index (χ4n) is 2.90. The van der Waals surface area contributed by atoms with Crippen LogP contribution >= 0.6 is 11.3 Å². The summed E-state index contributed by atoms with van der Waals surface area (Å²) < 4.78 is 0. The lowest BCUT2D eigenvalue weighted by molar-refractivity contribution is -0.125. The summed E-state index contributed by atoms with van der Waals surface area (Å²) in [7, 11) is 0. The maximum atomic E-state index is 12.3. The molecule has 0 radical (unpaired) electrons. The van der Waals surface area contributed by atoms with E-state index in [0.717, 1.165) is 23.2 Å². The van der Waals surface area contributed by atoms with Crippen molar-refractivity contribution < 1.29 is 4.79 Å². The molecule has 2 heterocycles. The number of aromatic nitrogens is 2. The number of rotatable bonds is 3. The van der Waals surface area contributed by atoms with Crippen molar-refractivity contribution in [3.05, 3.63) is 49.8 Å². The van der Waals surface area contributed by atoms with E-state index in [1.54, 1.807) is 18.3 Å². The van der Waals surface area contributed by atoms with Crippen LogP contribution < -0.4 is 10.9 Å². The number of fused-ring (bicyclic) bond motifs is 1. The molecule has 0 fully saturated rings. The minimum atomic E-state index is -0.0539. The Labute approximate surface area is 132 Å². The van der Waals surface area contributed by atoms with Crippen molar-refractivity contribution in [3.63, 3.8) is 0 Å². The van der Waals surface area contributed by atoms with Crippen LogP contribution in [0, 0.1) is 12.8 Å². The number of H-pyrrole nitrogens is 1. The predicted molar refractivity (Wildman–Crippen MR) is 85.9 cm³/mol. The van der Waals surface area contributed by atoms with E-state index in [2.05, 4.69) is 15.3 Å². The lowest BCUT2D eigenvalue weighted by atomic mass is 9.99. The van der Waals surface area contributed by atoms with Gasteiger partial charge >= 0.3 is 0 Å². The first-order chi connectivity index (χ1) is 10.6. The van der Waals surface area contributed by atoms with Crippen LogP contribution in [0.25, 0.3) is 0 Å². The molecule has 22 heavy (non-hydrogen) atoms. The normalized spacial score (nSPS) is 17.6. The molecule has 2 aromatic rings. The lowest BCUT2D eigenvalue weighted by Crippen LogP contribution is -2.30. The number of thiophene rings is 1. The van der Waals surface area contributed by atoms with E-state index in [-0.39, 0.29) is 17.4 Å². The van der Waals surface area contributed by atoms with Gasteiger partial charge in [-0.15, -0.1) is 0 Å². The summed E-state index contributed by atoms with van der Waals surface area (Å²) in [6.07, 6.45) is 2.76. The number of aromatic amines is 1. The second-order valence-corrected chi connectivity index (χ2v) is 6.48. The maximum absolute atomic E-state index is 12.3. The van der Waals surface area contributed by atoms with Gasteiger partial charge in [0.15, 0.2) is 0 Å². The number of nitrogens with one attached hydrogen (secondary N) is 2. The van der Waals surface area contributed by atoms with Gasteiger partial charge in [-0.2, -0.15) is 11.3 Å². The Balaban J connectivity index is 1.65. The first-order valence-electron chi connectivity index (χ1n) is 7.51. The van der Waals surface area contributed by atoms with E-state index < -0.39 is 0 Å². The number of carbonyl (C=O) groups is 1. The summed E-state index contributed by atoms with van der Waals surface area (Å²) in [5.74, 6) is 0.670.